The van der Waals surface area contributed by atoms with Crippen molar-refractivity contribution in [3.63, 3.8) is 0 Å². The van der Waals surface area contributed by atoms with Gasteiger partial charge in [0.05, 0.1) is 0 Å². The third-order valence-corrected chi connectivity index (χ3v) is 6.03. The Morgan fingerprint density at radius 3 is 2.55 bits per heavy atom. The summed E-state index contributed by atoms with van der Waals surface area (Å²) in [5.74, 6) is 0. The number of benzene rings is 2. The van der Waals surface area contributed by atoms with E-state index >= 15 is 0 Å². The van der Waals surface area contributed by atoms with Crippen LogP contribution in [0.4, 0.5) is 0 Å². The Kier molecular flexibility index (Phi) is 7.26. The molecule has 0 spiro atoms. The summed E-state index contributed by atoms with van der Waals surface area (Å²) < 4.78 is 0. The maximum atomic E-state index is 3.53. The van der Waals surface area contributed by atoms with E-state index < -0.39 is 0 Å². The van der Waals surface area contributed by atoms with E-state index in [1.165, 1.54) is 44.1 Å². The molecule has 0 aliphatic heterocycles. The molecule has 0 radical (unpaired) electrons. The smallest absolute Gasteiger partial charge is 0.0465 e. The average molecular weight is 433 g/mol. The Hall–Kier alpha value is -3.78. The number of rotatable bonds is 7. The third kappa shape index (κ3) is 5.18. The van der Waals surface area contributed by atoms with E-state index in [0.717, 1.165) is 18.5 Å². The zero-order valence-electron chi connectivity index (χ0n) is 19.7. The van der Waals surface area contributed by atoms with Crippen molar-refractivity contribution in [2.24, 2.45) is 0 Å². The van der Waals surface area contributed by atoms with Gasteiger partial charge in [-0.25, -0.2) is 0 Å². The van der Waals surface area contributed by atoms with Crippen molar-refractivity contribution in [2.45, 2.75) is 33.6 Å². The Morgan fingerprint density at radius 2 is 1.70 bits per heavy atom. The quantitative estimate of drug-likeness (QED) is 0.360. The molecule has 166 valence electrons. The lowest BCUT2D eigenvalue weighted by Gasteiger charge is -2.17. The molecule has 0 atom stereocenters. The van der Waals surface area contributed by atoms with Crippen LogP contribution in [0.25, 0.3) is 27.4 Å². The van der Waals surface area contributed by atoms with Crippen LogP contribution < -0.4 is 5.32 Å². The second-order valence-corrected chi connectivity index (χ2v) is 8.25. The first-order valence-electron chi connectivity index (χ1n) is 11.7. The van der Waals surface area contributed by atoms with Crippen LogP contribution in [0.3, 0.4) is 0 Å². The lowest BCUT2D eigenvalue weighted by Crippen LogP contribution is -2.07. The first kappa shape index (κ1) is 22.4. The Labute approximate surface area is 197 Å². The predicted octanol–water partition coefficient (Wildman–Crippen LogP) is 8.51. The molecule has 2 aromatic carbocycles. The maximum Gasteiger partial charge on any atom is 0.0465 e. The van der Waals surface area contributed by atoms with Crippen molar-refractivity contribution in [2.75, 3.05) is 0 Å². The van der Waals surface area contributed by atoms with Crippen LogP contribution in [0.1, 0.15) is 39.2 Å². The molecule has 0 bridgehead atoms. The molecule has 0 unspecified atom stereocenters. The van der Waals surface area contributed by atoms with Crippen LogP contribution in [0.2, 0.25) is 0 Å². The minimum absolute atomic E-state index is 1.05. The number of fused-ring (bicyclic) bond motifs is 3. The fourth-order valence-corrected chi connectivity index (χ4v) is 4.24. The lowest BCUT2D eigenvalue weighted by molar-refractivity contribution is 1.02. The van der Waals surface area contributed by atoms with Crippen molar-refractivity contribution in [1.29, 1.82) is 0 Å². The Bertz CT molecular complexity index is 1350. The molecule has 1 heterocycles. The van der Waals surface area contributed by atoms with Gasteiger partial charge < -0.3 is 10.3 Å². The summed E-state index contributed by atoms with van der Waals surface area (Å²) >= 11 is 0. The van der Waals surface area contributed by atoms with Gasteiger partial charge in [-0.05, 0) is 86.2 Å². The van der Waals surface area contributed by atoms with Crippen LogP contribution in [0.5, 0.6) is 0 Å². The van der Waals surface area contributed by atoms with E-state index in [1.54, 1.807) is 0 Å². The van der Waals surface area contributed by atoms with E-state index in [4.69, 9.17) is 0 Å². The molecular formula is C31H32N2. The van der Waals surface area contributed by atoms with Gasteiger partial charge in [-0.2, -0.15) is 0 Å². The van der Waals surface area contributed by atoms with Gasteiger partial charge in [0.1, 0.15) is 0 Å². The molecule has 0 saturated carbocycles. The second-order valence-electron chi connectivity index (χ2n) is 8.25. The summed E-state index contributed by atoms with van der Waals surface area (Å²) in [4.78, 5) is 3.53. The van der Waals surface area contributed by atoms with Crippen LogP contribution in [0.15, 0.2) is 120 Å². The van der Waals surface area contributed by atoms with Crippen molar-refractivity contribution < 1.29 is 0 Å². The molecule has 1 aliphatic rings. The molecular weight excluding hydrogens is 400 g/mol. The predicted molar refractivity (Wildman–Crippen MR) is 145 cm³/mol. The summed E-state index contributed by atoms with van der Waals surface area (Å²) in [6, 6.07) is 15.3. The molecule has 33 heavy (non-hydrogen) atoms. The fourth-order valence-electron chi connectivity index (χ4n) is 4.24. The minimum atomic E-state index is 1.05. The van der Waals surface area contributed by atoms with E-state index in [1.807, 2.05) is 44.4 Å². The van der Waals surface area contributed by atoms with Gasteiger partial charge >= 0.3 is 0 Å². The first-order valence-corrected chi connectivity index (χ1v) is 11.7. The SMILES string of the molecule is C/C=C\C=C/NC(/C=C\C=C/C)=C(/C)C1=CCCC(c2ccc3[nH]c4ccccc4c3c2)=C1. The van der Waals surface area contributed by atoms with Gasteiger partial charge in [0, 0.05) is 33.7 Å². The highest BCUT2D eigenvalue weighted by molar-refractivity contribution is 6.08. The van der Waals surface area contributed by atoms with Gasteiger partial charge in [0.15, 0.2) is 0 Å². The number of aromatic nitrogens is 1. The molecule has 2 N–H and O–H groups in total. The highest BCUT2D eigenvalue weighted by Crippen LogP contribution is 2.33. The summed E-state index contributed by atoms with van der Waals surface area (Å²) in [6.07, 6.45) is 23.2. The lowest BCUT2D eigenvalue weighted by atomic mass is 9.89. The largest absolute Gasteiger partial charge is 0.361 e. The molecule has 1 aliphatic carbocycles. The second kappa shape index (κ2) is 10.7. The molecule has 2 nitrogen and oxygen atoms in total. The summed E-state index contributed by atoms with van der Waals surface area (Å²) in [5.41, 5.74) is 8.70. The van der Waals surface area contributed by atoms with E-state index in [0.29, 0.717) is 0 Å². The van der Waals surface area contributed by atoms with Crippen molar-refractivity contribution in [1.82, 2.24) is 10.3 Å². The number of para-hydroxylation sites is 1. The van der Waals surface area contributed by atoms with Gasteiger partial charge in [0.2, 0.25) is 0 Å². The number of aromatic amines is 1. The van der Waals surface area contributed by atoms with Crippen LogP contribution in [-0.2, 0) is 0 Å². The fraction of sp³-hybridized carbons (Fsp3) is 0.161. The van der Waals surface area contributed by atoms with E-state index in [2.05, 4.69) is 90.1 Å². The summed E-state index contributed by atoms with van der Waals surface area (Å²) in [5, 5.41) is 6.03. The third-order valence-electron chi connectivity index (χ3n) is 6.03. The minimum Gasteiger partial charge on any atom is -0.361 e. The normalized spacial score (nSPS) is 15.8. The van der Waals surface area contributed by atoms with Crippen molar-refractivity contribution in [3.8, 4) is 0 Å². The first-order chi connectivity index (χ1) is 16.2. The zero-order chi connectivity index (χ0) is 23.0. The molecule has 2 heteroatoms. The number of H-pyrrole nitrogens is 1. The maximum absolute atomic E-state index is 3.53. The number of hydrogen-bond acceptors (Lipinski definition) is 1. The molecule has 1 aromatic heterocycles. The van der Waals surface area contributed by atoms with Gasteiger partial charge in [0.25, 0.3) is 0 Å². The zero-order valence-corrected chi connectivity index (χ0v) is 19.7. The molecule has 4 rings (SSSR count). The standard InChI is InChI=1S/C31H32N2/c1-4-6-8-16-29(32-20-11-7-5-2)23(3)24-13-12-14-25(21-24)26-18-19-31-28(22-26)27-15-9-10-17-30(27)33-31/h4-11,13,15-22,32-33H,12,14H2,1-3H3/b6-4-,7-5-,16-8-,20-11-,29-23-. The number of hydrogen-bond donors (Lipinski definition) is 2. The monoisotopic (exact) mass is 432 g/mol. The van der Waals surface area contributed by atoms with Crippen molar-refractivity contribution in [3.05, 3.63) is 126 Å². The van der Waals surface area contributed by atoms with Gasteiger partial charge in [-0.3, -0.25) is 0 Å². The molecule has 3 aromatic rings. The topological polar surface area (TPSA) is 27.8 Å². The highest BCUT2D eigenvalue weighted by Gasteiger charge is 2.13. The van der Waals surface area contributed by atoms with E-state index in [9.17, 15) is 0 Å². The van der Waals surface area contributed by atoms with Gasteiger partial charge in [-0.1, -0.05) is 66.8 Å². The van der Waals surface area contributed by atoms with Crippen LogP contribution in [0, 0.1) is 0 Å². The van der Waals surface area contributed by atoms with Crippen molar-refractivity contribution >= 4 is 27.4 Å². The van der Waals surface area contributed by atoms with Crippen LogP contribution >= 0.6 is 0 Å². The number of allylic oxidation sites excluding steroid dienone is 12. The molecule has 0 amide bonds. The highest BCUT2D eigenvalue weighted by atomic mass is 14.8. The Morgan fingerprint density at radius 1 is 0.909 bits per heavy atom. The number of nitrogens with one attached hydrogen (secondary N) is 2. The van der Waals surface area contributed by atoms with E-state index in [-0.39, 0.29) is 0 Å². The summed E-state index contributed by atoms with van der Waals surface area (Å²) in [6.45, 7) is 6.24. The Balaban J connectivity index is 1.69. The van der Waals surface area contributed by atoms with Crippen LogP contribution in [-0.4, -0.2) is 4.98 Å². The average Bonchev–Trinajstić information content (AvgIpc) is 3.23. The van der Waals surface area contributed by atoms with Gasteiger partial charge in [-0.15, -0.1) is 0 Å². The summed E-state index contributed by atoms with van der Waals surface area (Å²) in [7, 11) is 0. The molecule has 0 fully saturated rings. The molecule has 0 saturated heterocycles.